The first-order valence-corrected chi connectivity index (χ1v) is 7.48. The molecule has 0 radical (unpaired) electrons. The molecule has 5 nitrogen and oxygen atoms in total. The van der Waals surface area contributed by atoms with Gasteiger partial charge in [-0.15, -0.1) is 0 Å². The van der Waals surface area contributed by atoms with Crippen LogP contribution in [0.4, 0.5) is 0 Å². The van der Waals surface area contributed by atoms with Crippen LogP contribution in [-0.4, -0.2) is 27.9 Å². The second kappa shape index (κ2) is 9.10. The molecule has 0 atom stereocenters. The van der Waals surface area contributed by atoms with Crippen molar-refractivity contribution in [3.05, 3.63) is 17.7 Å². The first-order chi connectivity index (χ1) is 10.1. The average Bonchev–Trinajstić information content (AvgIpc) is 2.46. The highest BCUT2D eigenvalue weighted by atomic mass is 16.5. The van der Waals surface area contributed by atoms with Crippen molar-refractivity contribution in [2.24, 2.45) is 0 Å². The van der Waals surface area contributed by atoms with E-state index in [2.05, 4.69) is 6.92 Å². The van der Waals surface area contributed by atoms with Crippen LogP contribution in [0.3, 0.4) is 0 Å². The van der Waals surface area contributed by atoms with Gasteiger partial charge in [0.05, 0.1) is 12.2 Å². The number of unbranched alkanes of at least 4 members (excludes halogenated alkanes) is 6. The summed E-state index contributed by atoms with van der Waals surface area (Å²) in [6.07, 6.45) is 7.91. The van der Waals surface area contributed by atoms with Gasteiger partial charge in [-0.05, 0) is 18.6 Å². The van der Waals surface area contributed by atoms with Crippen molar-refractivity contribution in [3.8, 4) is 17.2 Å². The number of rotatable bonds is 9. The number of carbonyl (C=O) groups is 1. The number of phenolic OH excluding ortho intramolecular Hbond substituents is 3. The first kappa shape index (κ1) is 17.1. The number of hydrogen-bond donors (Lipinski definition) is 3. The van der Waals surface area contributed by atoms with E-state index in [0.717, 1.165) is 31.4 Å². The molecule has 0 saturated heterocycles. The van der Waals surface area contributed by atoms with E-state index in [4.69, 9.17) is 4.74 Å². The van der Waals surface area contributed by atoms with Crippen LogP contribution in [0.2, 0.25) is 0 Å². The van der Waals surface area contributed by atoms with Crippen molar-refractivity contribution in [1.82, 2.24) is 0 Å². The maximum absolute atomic E-state index is 11.7. The second-order valence-corrected chi connectivity index (χ2v) is 5.12. The van der Waals surface area contributed by atoms with Gasteiger partial charge < -0.3 is 20.1 Å². The summed E-state index contributed by atoms with van der Waals surface area (Å²) in [7, 11) is 0. The van der Waals surface area contributed by atoms with Crippen LogP contribution in [0.1, 0.15) is 62.2 Å². The quantitative estimate of drug-likeness (QED) is 0.367. The normalized spacial score (nSPS) is 10.5. The number of aromatic hydroxyl groups is 3. The maximum atomic E-state index is 11.7. The minimum atomic E-state index is -0.640. The third kappa shape index (κ3) is 5.94. The Hall–Kier alpha value is -1.91. The Morgan fingerprint density at radius 3 is 2.05 bits per heavy atom. The Morgan fingerprint density at radius 2 is 1.48 bits per heavy atom. The number of phenols is 3. The lowest BCUT2D eigenvalue weighted by atomic mass is 10.1. The van der Waals surface area contributed by atoms with Gasteiger partial charge in [0.25, 0.3) is 0 Å². The van der Waals surface area contributed by atoms with E-state index in [9.17, 15) is 20.1 Å². The summed E-state index contributed by atoms with van der Waals surface area (Å²) in [6, 6.07) is 2.14. The molecule has 0 unspecified atom stereocenters. The zero-order valence-electron chi connectivity index (χ0n) is 12.5. The van der Waals surface area contributed by atoms with Crippen molar-refractivity contribution in [2.75, 3.05) is 6.61 Å². The molecule has 0 aliphatic heterocycles. The van der Waals surface area contributed by atoms with Gasteiger partial charge in [0.1, 0.15) is 0 Å². The SMILES string of the molecule is CCCCCCCCCOC(=O)c1cc(O)c(O)c(O)c1. The van der Waals surface area contributed by atoms with E-state index < -0.39 is 23.2 Å². The van der Waals surface area contributed by atoms with Crippen molar-refractivity contribution < 1.29 is 24.9 Å². The molecule has 0 spiro atoms. The molecule has 0 amide bonds. The van der Waals surface area contributed by atoms with Crippen LogP contribution in [-0.2, 0) is 4.74 Å². The lowest BCUT2D eigenvalue weighted by Gasteiger charge is -2.07. The van der Waals surface area contributed by atoms with Gasteiger partial charge in [-0.1, -0.05) is 45.4 Å². The topological polar surface area (TPSA) is 87.0 Å². The van der Waals surface area contributed by atoms with E-state index >= 15 is 0 Å². The maximum Gasteiger partial charge on any atom is 0.338 e. The van der Waals surface area contributed by atoms with Crippen molar-refractivity contribution in [3.63, 3.8) is 0 Å². The fourth-order valence-corrected chi connectivity index (χ4v) is 2.03. The van der Waals surface area contributed by atoms with E-state index in [-0.39, 0.29) is 5.56 Å². The summed E-state index contributed by atoms with van der Waals surface area (Å²) < 4.78 is 5.06. The van der Waals surface area contributed by atoms with Crippen molar-refractivity contribution >= 4 is 5.97 Å². The molecule has 118 valence electrons. The van der Waals surface area contributed by atoms with E-state index in [1.807, 2.05) is 0 Å². The third-order valence-electron chi connectivity index (χ3n) is 3.29. The molecule has 0 bridgehead atoms. The number of carbonyl (C=O) groups excluding carboxylic acids is 1. The van der Waals surface area contributed by atoms with Gasteiger partial charge in [-0.25, -0.2) is 4.79 Å². The fourth-order valence-electron chi connectivity index (χ4n) is 2.03. The molecule has 0 aliphatic rings. The lowest BCUT2D eigenvalue weighted by Crippen LogP contribution is -2.06. The van der Waals surface area contributed by atoms with Gasteiger partial charge in [-0.3, -0.25) is 0 Å². The van der Waals surface area contributed by atoms with E-state index in [1.54, 1.807) is 0 Å². The van der Waals surface area contributed by atoms with Gasteiger partial charge in [0, 0.05) is 0 Å². The van der Waals surface area contributed by atoms with Crippen LogP contribution in [0.5, 0.6) is 17.2 Å². The molecule has 0 saturated carbocycles. The minimum absolute atomic E-state index is 0.0192. The Labute approximate surface area is 125 Å². The Kier molecular flexibility index (Phi) is 7.43. The molecule has 1 aromatic rings. The number of esters is 1. The third-order valence-corrected chi connectivity index (χ3v) is 3.29. The highest BCUT2D eigenvalue weighted by molar-refractivity contribution is 5.91. The molecule has 0 fully saturated rings. The van der Waals surface area contributed by atoms with Crippen LogP contribution < -0.4 is 0 Å². The molecule has 0 heterocycles. The Bertz CT molecular complexity index is 433. The zero-order valence-corrected chi connectivity index (χ0v) is 12.5. The molecular weight excluding hydrogens is 272 g/mol. The van der Waals surface area contributed by atoms with Crippen molar-refractivity contribution in [2.45, 2.75) is 51.9 Å². The van der Waals surface area contributed by atoms with Gasteiger partial charge in [0.2, 0.25) is 0 Å². The molecule has 0 aliphatic carbocycles. The average molecular weight is 296 g/mol. The molecule has 21 heavy (non-hydrogen) atoms. The van der Waals surface area contributed by atoms with Gasteiger partial charge in [-0.2, -0.15) is 0 Å². The molecular formula is C16H24O5. The highest BCUT2D eigenvalue weighted by Crippen LogP contribution is 2.35. The summed E-state index contributed by atoms with van der Waals surface area (Å²) >= 11 is 0. The van der Waals surface area contributed by atoms with Crippen molar-refractivity contribution in [1.29, 1.82) is 0 Å². The summed E-state index contributed by atoms with van der Waals surface area (Å²) in [5.74, 6) is -2.35. The summed E-state index contributed by atoms with van der Waals surface area (Å²) in [5, 5.41) is 27.8. The minimum Gasteiger partial charge on any atom is -0.504 e. The Balaban J connectivity index is 2.25. The van der Waals surface area contributed by atoms with E-state index in [1.165, 1.54) is 25.7 Å². The van der Waals surface area contributed by atoms with Crippen LogP contribution >= 0.6 is 0 Å². The van der Waals surface area contributed by atoms with E-state index in [0.29, 0.717) is 6.61 Å². The molecule has 5 heteroatoms. The molecule has 1 rings (SSSR count). The first-order valence-electron chi connectivity index (χ1n) is 7.48. The molecule has 3 N–H and O–H groups in total. The predicted octanol–water partition coefficient (Wildman–Crippen LogP) is 3.71. The number of hydrogen-bond acceptors (Lipinski definition) is 5. The van der Waals surface area contributed by atoms with Crippen LogP contribution in [0, 0.1) is 0 Å². The predicted molar refractivity (Wildman–Crippen MR) is 79.7 cm³/mol. The summed E-state index contributed by atoms with van der Waals surface area (Å²) in [5.41, 5.74) is 0.0192. The standard InChI is InChI=1S/C16H24O5/c1-2-3-4-5-6-7-8-9-21-16(20)12-10-13(17)15(19)14(18)11-12/h10-11,17-19H,2-9H2,1H3. The van der Waals surface area contributed by atoms with Gasteiger partial charge in [0.15, 0.2) is 17.2 Å². The fraction of sp³-hybridized carbons (Fsp3) is 0.562. The zero-order chi connectivity index (χ0) is 15.7. The number of benzene rings is 1. The second-order valence-electron chi connectivity index (χ2n) is 5.12. The van der Waals surface area contributed by atoms with Crippen LogP contribution in [0.25, 0.3) is 0 Å². The van der Waals surface area contributed by atoms with Crippen LogP contribution in [0.15, 0.2) is 12.1 Å². The Morgan fingerprint density at radius 1 is 0.952 bits per heavy atom. The highest BCUT2D eigenvalue weighted by Gasteiger charge is 2.14. The smallest absolute Gasteiger partial charge is 0.338 e. The molecule has 1 aromatic carbocycles. The summed E-state index contributed by atoms with van der Waals surface area (Å²) in [6.45, 7) is 2.49. The molecule has 0 aromatic heterocycles. The largest absolute Gasteiger partial charge is 0.504 e. The number of ether oxygens (including phenoxy) is 1. The lowest BCUT2D eigenvalue weighted by molar-refractivity contribution is 0.0496. The van der Waals surface area contributed by atoms with Gasteiger partial charge >= 0.3 is 5.97 Å². The monoisotopic (exact) mass is 296 g/mol. The summed E-state index contributed by atoms with van der Waals surface area (Å²) in [4.78, 5) is 11.7.